The Bertz CT molecular complexity index is 689. The van der Waals surface area contributed by atoms with Crippen molar-refractivity contribution in [3.63, 3.8) is 0 Å². The third kappa shape index (κ3) is 4.10. The second-order valence-electron chi connectivity index (χ2n) is 5.04. The van der Waals surface area contributed by atoms with Gasteiger partial charge in [0.15, 0.2) is 0 Å². The van der Waals surface area contributed by atoms with Crippen molar-refractivity contribution in [2.75, 3.05) is 11.5 Å². The Morgan fingerprint density at radius 2 is 2.22 bits per heavy atom. The Labute approximate surface area is 137 Å². The van der Waals surface area contributed by atoms with Crippen LogP contribution in [0, 0.1) is 0 Å². The molecule has 2 heterocycles. The lowest BCUT2D eigenvalue weighted by Crippen LogP contribution is -2.47. The van der Waals surface area contributed by atoms with Crippen molar-refractivity contribution in [2.24, 2.45) is 0 Å². The van der Waals surface area contributed by atoms with E-state index >= 15 is 0 Å². The Kier molecular flexibility index (Phi) is 4.92. The highest BCUT2D eigenvalue weighted by Crippen LogP contribution is 2.14. The lowest BCUT2D eigenvalue weighted by atomic mass is 10.2. The standard InChI is InChI=1S/C15H16N4O3S/c20-12-6-7-23-9-11(17-12)15(21)16-8-13-18-14(19-22-13)10-4-2-1-3-5-10/h1-5,11H,6-9H2,(H,16,21)(H,17,20)/t11-/m1/s1. The third-order valence-electron chi connectivity index (χ3n) is 3.32. The largest absolute Gasteiger partial charge is 0.345 e. The Balaban J connectivity index is 1.57. The van der Waals surface area contributed by atoms with Crippen molar-refractivity contribution in [3.05, 3.63) is 36.2 Å². The SMILES string of the molecule is O=C1CCSC[C@H](C(=O)NCc2nc(-c3ccccc3)no2)N1. The first kappa shape index (κ1) is 15.5. The summed E-state index contributed by atoms with van der Waals surface area (Å²) in [6, 6.07) is 8.92. The molecule has 2 aromatic rings. The van der Waals surface area contributed by atoms with Gasteiger partial charge in [-0.15, -0.1) is 0 Å². The van der Waals surface area contributed by atoms with E-state index in [9.17, 15) is 9.59 Å². The molecule has 8 heteroatoms. The molecule has 0 spiro atoms. The molecule has 1 aliphatic rings. The zero-order valence-corrected chi connectivity index (χ0v) is 13.1. The van der Waals surface area contributed by atoms with Crippen molar-refractivity contribution in [1.29, 1.82) is 0 Å². The average molecular weight is 332 g/mol. The van der Waals surface area contributed by atoms with Crippen molar-refractivity contribution in [1.82, 2.24) is 20.8 Å². The molecule has 1 saturated heterocycles. The Hall–Kier alpha value is -2.35. The minimum atomic E-state index is -0.522. The van der Waals surface area contributed by atoms with Gasteiger partial charge < -0.3 is 15.2 Å². The maximum atomic E-state index is 12.1. The molecule has 0 aliphatic carbocycles. The molecule has 1 aliphatic heterocycles. The molecule has 1 atom stereocenters. The minimum absolute atomic E-state index is 0.0979. The maximum absolute atomic E-state index is 12.1. The van der Waals surface area contributed by atoms with Crippen LogP contribution < -0.4 is 10.6 Å². The number of hydrogen-bond acceptors (Lipinski definition) is 6. The van der Waals surface area contributed by atoms with Crippen LogP contribution >= 0.6 is 11.8 Å². The number of hydrogen-bond donors (Lipinski definition) is 2. The monoisotopic (exact) mass is 332 g/mol. The molecule has 2 amide bonds. The number of nitrogens with zero attached hydrogens (tertiary/aromatic N) is 2. The van der Waals surface area contributed by atoms with E-state index in [1.807, 2.05) is 30.3 Å². The number of thioether (sulfide) groups is 1. The zero-order chi connectivity index (χ0) is 16.1. The summed E-state index contributed by atoms with van der Waals surface area (Å²) in [4.78, 5) is 27.9. The summed E-state index contributed by atoms with van der Waals surface area (Å²) >= 11 is 1.58. The summed E-state index contributed by atoms with van der Waals surface area (Å²) in [5.41, 5.74) is 0.848. The first-order valence-electron chi connectivity index (χ1n) is 7.25. The molecule has 0 unspecified atom stereocenters. The fourth-order valence-corrected chi connectivity index (χ4v) is 3.10. The Morgan fingerprint density at radius 3 is 3.04 bits per heavy atom. The van der Waals surface area contributed by atoms with Gasteiger partial charge in [0.25, 0.3) is 0 Å². The van der Waals surface area contributed by atoms with Gasteiger partial charge in [0.05, 0.1) is 6.54 Å². The van der Waals surface area contributed by atoms with Crippen LogP contribution in [-0.2, 0) is 16.1 Å². The van der Waals surface area contributed by atoms with Gasteiger partial charge in [0.2, 0.25) is 23.5 Å². The van der Waals surface area contributed by atoms with Gasteiger partial charge in [-0.05, 0) is 0 Å². The number of nitrogens with one attached hydrogen (secondary N) is 2. The summed E-state index contributed by atoms with van der Waals surface area (Å²) < 4.78 is 5.13. The van der Waals surface area contributed by atoms with Gasteiger partial charge in [0, 0.05) is 23.5 Å². The molecule has 7 nitrogen and oxygen atoms in total. The number of rotatable bonds is 4. The van der Waals surface area contributed by atoms with Crippen LogP contribution in [0.3, 0.4) is 0 Å². The van der Waals surface area contributed by atoms with Gasteiger partial charge in [-0.25, -0.2) is 0 Å². The number of amides is 2. The minimum Gasteiger partial charge on any atom is -0.345 e. The molecule has 1 aromatic heterocycles. The fraction of sp³-hybridized carbons (Fsp3) is 0.333. The quantitative estimate of drug-likeness (QED) is 0.866. The van der Waals surface area contributed by atoms with E-state index in [0.717, 1.165) is 11.3 Å². The topological polar surface area (TPSA) is 97.1 Å². The summed E-state index contributed by atoms with van der Waals surface area (Å²) in [5.74, 6) is 1.76. The van der Waals surface area contributed by atoms with Crippen LogP contribution in [0.4, 0.5) is 0 Å². The lowest BCUT2D eigenvalue weighted by Gasteiger charge is -2.14. The number of benzene rings is 1. The summed E-state index contributed by atoms with van der Waals surface area (Å²) in [6.07, 6.45) is 0.443. The smallest absolute Gasteiger partial charge is 0.246 e. The second kappa shape index (κ2) is 7.28. The van der Waals surface area contributed by atoms with Crippen LogP contribution in [0.5, 0.6) is 0 Å². The third-order valence-corrected chi connectivity index (χ3v) is 4.39. The highest BCUT2D eigenvalue weighted by Gasteiger charge is 2.23. The van der Waals surface area contributed by atoms with Gasteiger partial charge in [-0.2, -0.15) is 16.7 Å². The van der Waals surface area contributed by atoms with Gasteiger partial charge in [-0.3, -0.25) is 9.59 Å². The van der Waals surface area contributed by atoms with E-state index in [0.29, 0.717) is 23.9 Å². The molecule has 2 N–H and O–H groups in total. The summed E-state index contributed by atoms with van der Waals surface area (Å²) in [5, 5.41) is 9.32. The van der Waals surface area contributed by atoms with Gasteiger partial charge in [-0.1, -0.05) is 35.5 Å². The van der Waals surface area contributed by atoms with E-state index in [-0.39, 0.29) is 18.4 Å². The van der Waals surface area contributed by atoms with Crippen molar-refractivity contribution >= 4 is 23.6 Å². The van der Waals surface area contributed by atoms with E-state index < -0.39 is 6.04 Å². The molecule has 3 rings (SSSR count). The first-order chi connectivity index (χ1) is 11.2. The van der Waals surface area contributed by atoms with E-state index in [1.165, 1.54) is 0 Å². The number of aromatic nitrogens is 2. The molecular formula is C15H16N4O3S. The van der Waals surface area contributed by atoms with Crippen LogP contribution in [0.2, 0.25) is 0 Å². The molecule has 120 valence electrons. The predicted octanol–water partition coefficient (Wildman–Crippen LogP) is 0.975. The van der Waals surface area contributed by atoms with Gasteiger partial charge >= 0.3 is 0 Å². The van der Waals surface area contributed by atoms with Crippen molar-refractivity contribution in [2.45, 2.75) is 19.0 Å². The summed E-state index contributed by atoms with van der Waals surface area (Å²) in [6.45, 7) is 0.135. The van der Waals surface area contributed by atoms with Crippen LogP contribution in [-0.4, -0.2) is 39.5 Å². The predicted molar refractivity (Wildman–Crippen MR) is 85.5 cm³/mol. The van der Waals surface area contributed by atoms with Crippen LogP contribution in [0.1, 0.15) is 12.3 Å². The Morgan fingerprint density at radius 1 is 1.39 bits per heavy atom. The van der Waals surface area contributed by atoms with E-state index in [1.54, 1.807) is 11.8 Å². The zero-order valence-electron chi connectivity index (χ0n) is 12.3. The molecule has 0 saturated carbocycles. The van der Waals surface area contributed by atoms with Crippen molar-refractivity contribution < 1.29 is 14.1 Å². The first-order valence-corrected chi connectivity index (χ1v) is 8.40. The van der Waals surface area contributed by atoms with Crippen molar-refractivity contribution in [3.8, 4) is 11.4 Å². The van der Waals surface area contributed by atoms with Crippen LogP contribution in [0.25, 0.3) is 11.4 Å². The molecule has 0 bridgehead atoms. The molecular weight excluding hydrogens is 316 g/mol. The number of carbonyl (C=O) groups is 2. The highest BCUT2D eigenvalue weighted by atomic mass is 32.2. The average Bonchev–Trinajstić information content (AvgIpc) is 2.94. The van der Waals surface area contributed by atoms with Gasteiger partial charge in [0.1, 0.15) is 6.04 Å². The number of carbonyl (C=O) groups excluding carboxylic acids is 2. The van der Waals surface area contributed by atoms with E-state index in [2.05, 4.69) is 20.8 Å². The lowest BCUT2D eigenvalue weighted by molar-refractivity contribution is -0.128. The molecule has 0 radical (unpaired) electrons. The maximum Gasteiger partial charge on any atom is 0.246 e. The molecule has 1 fully saturated rings. The normalized spacial score (nSPS) is 18.1. The summed E-state index contributed by atoms with van der Waals surface area (Å²) in [7, 11) is 0. The highest BCUT2D eigenvalue weighted by molar-refractivity contribution is 7.99. The molecule has 23 heavy (non-hydrogen) atoms. The second-order valence-corrected chi connectivity index (χ2v) is 6.19. The fourth-order valence-electron chi connectivity index (χ4n) is 2.13. The molecule has 1 aromatic carbocycles. The van der Waals surface area contributed by atoms with E-state index in [4.69, 9.17) is 4.52 Å². The van der Waals surface area contributed by atoms with Crippen LogP contribution in [0.15, 0.2) is 34.9 Å².